The van der Waals surface area contributed by atoms with Crippen LogP contribution in [-0.2, 0) is 14.3 Å². The molecule has 0 atom stereocenters. The van der Waals surface area contributed by atoms with Crippen LogP contribution in [0, 0.1) is 19.8 Å². The van der Waals surface area contributed by atoms with Crippen molar-refractivity contribution >= 4 is 35.2 Å². The number of hydrogen-bond donors (Lipinski definition) is 3. The van der Waals surface area contributed by atoms with Gasteiger partial charge in [-0.3, -0.25) is 14.9 Å². The van der Waals surface area contributed by atoms with Gasteiger partial charge in [0.05, 0.1) is 5.56 Å². The van der Waals surface area contributed by atoms with Gasteiger partial charge < -0.3 is 15.4 Å². The normalized spacial score (nSPS) is 12.6. The molecule has 2 aromatic carbocycles. The first-order valence-electron chi connectivity index (χ1n) is 9.58. The summed E-state index contributed by atoms with van der Waals surface area (Å²) in [5.41, 5.74) is 3.31. The molecule has 0 aliphatic heterocycles. The molecule has 3 N–H and O–H groups in total. The number of urea groups is 1. The van der Waals surface area contributed by atoms with Crippen molar-refractivity contribution in [1.82, 2.24) is 5.32 Å². The molecule has 0 aromatic heterocycles. The molecular weight excluding hydrogens is 386 g/mol. The van der Waals surface area contributed by atoms with Gasteiger partial charge in [-0.1, -0.05) is 17.7 Å². The summed E-state index contributed by atoms with van der Waals surface area (Å²) in [5.74, 6) is -1.40. The van der Waals surface area contributed by atoms with E-state index in [1.54, 1.807) is 18.2 Å². The monoisotopic (exact) mass is 409 g/mol. The highest BCUT2D eigenvalue weighted by Crippen LogP contribution is 2.30. The summed E-state index contributed by atoms with van der Waals surface area (Å²) in [5, 5.41) is 7.46. The second-order valence-electron chi connectivity index (χ2n) is 7.24. The Morgan fingerprint density at radius 1 is 0.967 bits per heavy atom. The number of carbonyl (C=O) groups excluding carboxylic acids is 4. The molecule has 1 saturated carbocycles. The largest absolute Gasteiger partial charge is 0.452 e. The minimum Gasteiger partial charge on any atom is -0.452 e. The fraction of sp³-hybridized carbons (Fsp3) is 0.273. The minimum absolute atomic E-state index is 0.0268. The summed E-state index contributed by atoms with van der Waals surface area (Å²) in [4.78, 5) is 47.6. The summed E-state index contributed by atoms with van der Waals surface area (Å²) >= 11 is 0. The van der Waals surface area contributed by atoms with Crippen molar-refractivity contribution in [2.75, 3.05) is 17.2 Å². The van der Waals surface area contributed by atoms with Crippen LogP contribution in [0.5, 0.6) is 0 Å². The van der Waals surface area contributed by atoms with Crippen LogP contribution in [0.15, 0.2) is 42.5 Å². The Hall–Kier alpha value is -3.68. The number of rotatable bonds is 6. The van der Waals surface area contributed by atoms with E-state index in [4.69, 9.17) is 4.74 Å². The van der Waals surface area contributed by atoms with Gasteiger partial charge in [0, 0.05) is 17.3 Å². The number of benzene rings is 2. The third kappa shape index (κ3) is 5.91. The van der Waals surface area contributed by atoms with Gasteiger partial charge in [0.1, 0.15) is 0 Å². The molecule has 1 aliphatic carbocycles. The molecule has 1 aliphatic rings. The lowest BCUT2D eigenvalue weighted by Gasteiger charge is -2.10. The van der Waals surface area contributed by atoms with Gasteiger partial charge in [0.2, 0.25) is 5.91 Å². The minimum atomic E-state index is -0.751. The lowest BCUT2D eigenvalue weighted by atomic mass is 10.1. The topological polar surface area (TPSA) is 114 Å². The second-order valence-corrected chi connectivity index (χ2v) is 7.24. The number of imide groups is 1. The van der Waals surface area contributed by atoms with Gasteiger partial charge in [0.25, 0.3) is 5.91 Å². The molecule has 1 fully saturated rings. The van der Waals surface area contributed by atoms with Crippen molar-refractivity contribution in [3.05, 3.63) is 59.2 Å². The van der Waals surface area contributed by atoms with Gasteiger partial charge in [-0.2, -0.15) is 0 Å². The number of hydrogen-bond acceptors (Lipinski definition) is 5. The van der Waals surface area contributed by atoms with E-state index in [1.165, 1.54) is 12.1 Å². The predicted octanol–water partition coefficient (Wildman–Crippen LogP) is 3.16. The lowest BCUT2D eigenvalue weighted by Crippen LogP contribution is -2.37. The lowest BCUT2D eigenvalue weighted by molar-refractivity contribution is -0.123. The molecule has 0 spiro atoms. The molecule has 0 saturated heterocycles. The van der Waals surface area contributed by atoms with E-state index in [0.29, 0.717) is 11.4 Å². The summed E-state index contributed by atoms with van der Waals surface area (Å²) in [6.45, 7) is 3.18. The summed E-state index contributed by atoms with van der Waals surface area (Å²) in [6, 6.07) is 11.0. The van der Waals surface area contributed by atoms with Crippen LogP contribution in [0.3, 0.4) is 0 Å². The Bertz CT molecular complexity index is 981. The standard InChI is InChI=1S/C22H23N3O5/c1-13-3-10-18(14(2)11-13)24-22(29)25-19(26)12-30-21(28)16-6-8-17(9-7-16)23-20(27)15-4-5-15/h3,6-11,15H,4-5,12H2,1-2H3,(H,23,27)(H2,24,25,26,29). The van der Waals surface area contributed by atoms with E-state index < -0.39 is 24.5 Å². The van der Waals surface area contributed by atoms with Gasteiger partial charge in [-0.25, -0.2) is 9.59 Å². The van der Waals surface area contributed by atoms with Crippen molar-refractivity contribution in [3.8, 4) is 0 Å². The number of ether oxygens (including phenoxy) is 1. The van der Waals surface area contributed by atoms with Gasteiger partial charge >= 0.3 is 12.0 Å². The van der Waals surface area contributed by atoms with Crippen LogP contribution >= 0.6 is 0 Å². The highest BCUT2D eigenvalue weighted by Gasteiger charge is 2.29. The Labute approximate surface area is 174 Å². The van der Waals surface area contributed by atoms with Crippen LogP contribution in [0.4, 0.5) is 16.2 Å². The Balaban J connectivity index is 1.43. The third-order valence-electron chi connectivity index (χ3n) is 4.55. The molecule has 0 radical (unpaired) electrons. The van der Waals surface area contributed by atoms with E-state index in [9.17, 15) is 19.2 Å². The van der Waals surface area contributed by atoms with Crippen molar-refractivity contribution in [1.29, 1.82) is 0 Å². The van der Waals surface area contributed by atoms with Crippen LogP contribution < -0.4 is 16.0 Å². The zero-order valence-electron chi connectivity index (χ0n) is 16.8. The maximum atomic E-state index is 12.1. The van der Waals surface area contributed by atoms with E-state index in [0.717, 1.165) is 24.0 Å². The van der Waals surface area contributed by atoms with E-state index in [2.05, 4.69) is 16.0 Å². The zero-order chi connectivity index (χ0) is 21.7. The van der Waals surface area contributed by atoms with Crippen LogP contribution in [0.1, 0.15) is 34.3 Å². The highest BCUT2D eigenvalue weighted by atomic mass is 16.5. The van der Waals surface area contributed by atoms with E-state index >= 15 is 0 Å². The molecular formula is C22H23N3O5. The number of nitrogens with one attached hydrogen (secondary N) is 3. The van der Waals surface area contributed by atoms with Crippen molar-refractivity contribution < 1.29 is 23.9 Å². The van der Waals surface area contributed by atoms with Crippen LogP contribution in [0.25, 0.3) is 0 Å². The van der Waals surface area contributed by atoms with Crippen molar-refractivity contribution in [3.63, 3.8) is 0 Å². The van der Waals surface area contributed by atoms with Crippen LogP contribution in [0.2, 0.25) is 0 Å². The summed E-state index contributed by atoms with van der Waals surface area (Å²) < 4.78 is 4.93. The second kappa shape index (κ2) is 9.21. The fourth-order valence-electron chi connectivity index (χ4n) is 2.76. The van der Waals surface area contributed by atoms with Crippen LogP contribution in [-0.4, -0.2) is 30.4 Å². The Kier molecular flexibility index (Phi) is 6.46. The molecule has 3 rings (SSSR count). The SMILES string of the molecule is Cc1ccc(NC(=O)NC(=O)COC(=O)c2ccc(NC(=O)C3CC3)cc2)c(C)c1. The first-order chi connectivity index (χ1) is 14.3. The molecule has 0 heterocycles. The average molecular weight is 409 g/mol. The molecule has 8 nitrogen and oxygen atoms in total. The number of aryl methyl sites for hydroxylation is 2. The molecule has 2 aromatic rings. The summed E-state index contributed by atoms with van der Waals surface area (Å²) in [7, 11) is 0. The number of anilines is 2. The van der Waals surface area contributed by atoms with Gasteiger partial charge in [-0.05, 0) is 62.6 Å². The third-order valence-corrected chi connectivity index (χ3v) is 4.55. The van der Waals surface area contributed by atoms with E-state index in [-0.39, 0.29) is 17.4 Å². The highest BCUT2D eigenvalue weighted by molar-refractivity contribution is 6.02. The quantitative estimate of drug-likeness (QED) is 0.634. The number of esters is 1. The average Bonchev–Trinajstić information content (AvgIpc) is 3.54. The smallest absolute Gasteiger partial charge is 0.338 e. The predicted molar refractivity (Wildman–Crippen MR) is 111 cm³/mol. The first-order valence-corrected chi connectivity index (χ1v) is 9.58. The molecule has 8 heteroatoms. The van der Waals surface area contributed by atoms with Gasteiger partial charge in [0.15, 0.2) is 6.61 Å². The first kappa shape index (κ1) is 21.0. The Morgan fingerprint density at radius 2 is 1.67 bits per heavy atom. The molecule has 4 amide bonds. The van der Waals surface area contributed by atoms with E-state index in [1.807, 2.05) is 26.0 Å². The summed E-state index contributed by atoms with van der Waals surface area (Å²) in [6.07, 6.45) is 1.81. The molecule has 30 heavy (non-hydrogen) atoms. The van der Waals surface area contributed by atoms with Crippen molar-refractivity contribution in [2.45, 2.75) is 26.7 Å². The number of amides is 4. The fourth-order valence-corrected chi connectivity index (χ4v) is 2.76. The molecule has 0 unspecified atom stereocenters. The maximum absolute atomic E-state index is 12.1. The molecule has 156 valence electrons. The molecule has 0 bridgehead atoms. The van der Waals surface area contributed by atoms with Crippen molar-refractivity contribution in [2.24, 2.45) is 5.92 Å². The van der Waals surface area contributed by atoms with Gasteiger partial charge in [-0.15, -0.1) is 0 Å². The maximum Gasteiger partial charge on any atom is 0.338 e. The Morgan fingerprint density at radius 3 is 2.30 bits per heavy atom. The number of carbonyl (C=O) groups is 4. The zero-order valence-corrected chi connectivity index (χ0v) is 16.8.